The van der Waals surface area contributed by atoms with Gasteiger partial charge in [-0.25, -0.2) is 9.36 Å². The molecule has 4 aromatic rings. The van der Waals surface area contributed by atoms with Crippen LogP contribution in [0.15, 0.2) is 59.4 Å². The molecule has 0 aliphatic heterocycles. The van der Waals surface area contributed by atoms with Gasteiger partial charge in [0, 0.05) is 6.54 Å². The molecule has 0 fully saturated rings. The van der Waals surface area contributed by atoms with Crippen molar-refractivity contribution in [3.8, 4) is 5.69 Å². The summed E-state index contributed by atoms with van der Waals surface area (Å²) in [4.78, 5) is 25.4. The van der Waals surface area contributed by atoms with E-state index < -0.39 is 0 Å². The summed E-state index contributed by atoms with van der Waals surface area (Å²) < 4.78 is 2.93. The summed E-state index contributed by atoms with van der Waals surface area (Å²) in [5.41, 5.74) is 4.46. The summed E-state index contributed by atoms with van der Waals surface area (Å²) in [5, 5.41) is 12.5. The molecule has 2 aromatic heterocycles. The Morgan fingerprint density at radius 3 is 2.37 bits per heavy atom. The van der Waals surface area contributed by atoms with Gasteiger partial charge in [0.05, 0.1) is 22.5 Å². The summed E-state index contributed by atoms with van der Waals surface area (Å²) in [6, 6.07) is 17.5. The first-order chi connectivity index (χ1) is 14.4. The molecule has 7 heteroatoms. The molecule has 1 amide bonds. The molecular weight excluding hydrogens is 378 g/mol. The van der Waals surface area contributed by atoms with E-state index in [1.807, 2.05) is 75.4 Å². The van der Waals surface area contributed by atoms with Crippen LogP contribution < -0.4 is 10.9 Å². The van der Waals surface area contributed by atoms with Gasteiger partial charge in [0.2, 0.25) is 5.91 Å². The number of aromatic nitrogens is 4. The number of hydrogen-bond donors (Lipinski definition) is 1. The van der Waals surface area contributed by atoms with Crippen LogP contribution in [-0.2, 0) is 17.9 Å². The Hall–Kier alpha value is -3.74. The quantitative estimate of drug-likeness (QED) is 0.558. The zero-order valence-corrected chi connectivity index (χ0v) is 17.2. The van der Waals surface area contributed by atoms with E-state index in [0.717, 1.165) is 27.9 Å². The molecule has 2 heterocycles. The zero-order chi connectivity index (χ0) is 21.3. The molecule has 0 saturated carbocycles. The molecule has 0 atom stereocenters. The minimum atomic E-state index is -0.376. The van der Waals surface area contributed by atoms with Gasteiger partial charge in [-0.15, -0.1) is 0 Å². The predicted molar refractivity (Wildman–Crippen MR) is 116 cm³/mol. The highest BCUT2D eigenvalue weighted by Gasteiger charge is 2.18. The van der Waals surface area contributed by atoms with Crippen molar-refractivity contribution in [2.24, 2.45) is 0 Å². The molecular formula is C23H23N5O2. The van der Waals surface area contributed by atoms with Gasteiger partial charge in [-0.1, -0.05) is 48.0 Å². The first-order valence-electron chi connectivity index (χ1n) is 9.79. The number of rotatable bonds is 5. The largest absolute Gasteiger partial charge is 0.350 e. The molecule has 4 rings (SSSR count). The molecule has 7 nitrogen and oxygen atoms in total. The molecule has 1 N–H and O–H groups in total. The van der Waals surface area contributed by atoms with Crippen molar-refractivity contribution in [2.45, 2.75) is 33.9 Å². The van der Waals surface area contributed by atoms with Crippen LogP contribution in [0.3, 0.4) is 0 Å². The number of aryl methyl sites for hydroxylation is 3. The number of benzene rings is 2. The second-order valence-corrected chi connectivity index (χ2v) is 7.37. The third kappa shape index (κ3) is 3.74. The second-order valence-electron chi connectivity index (χ2n) is 7.37. The number of amides is 1. The molecule has 0 spiro atoms. The van der Waals surface area contributed by atoms with Gasteiger partial charge in [-0.05, 0) is 38.5 Å². The fraction of sp³-hybridized carbons (Fsp3) is 0.217. The lowest BCUT2D eigenvalue weighted by Crippen LogP contribution is -2.34. The van der Waals surface area contributed by atoms with E-state index in [0.29, 0.717) is 17.8 Å². The standard InChI is InChI=1S/C23H23N5O2/c1-15-9-11-19(12-10-15)28-17(3)21-16(2)25-27(23(30)22(21)26-28)14-20(29)24-13-18-7-5-4-6-8-18/h4-12H,13-14H2,1-3H3,(H,24,29). The van der Waals surface area contributed by atoms with Crippen molar-refractivity contribution in [3.05, 3.63) is 87.5 Å². The first kappa shape index (κ1) is 19.6. The van der Waals surface area contributed by atoms with E-state index in [-0.39, 0.29) is 18.0 Å². The Balaban J connectivity index is 1.64. The summed E-state index contributed by atoms with van der Waals surface area (Å²) >= 11 is 0. The van der Waals surface area contributed by atoms with Crippen LogP contribution in [-0.4, -0.2) is 25.5 Å². The van der Waals surface area contributed by atoms with Crippen molar-refractivity contribution in [1.29, 1.82) is 0 Å². The van der Waals surface area contributed by atoms with E-state index in [9.17, 15) is 9.59 Å². The molecule has 2 aromatic carbocycles. The van der Waals surface area contributed by atoms with Crippen LogP contribution >= 0.6 is 0 Å². The van der Waals surface area contributed by atoms with Crippen LogP contribution in [0.5, 0.6) is 0 Å². The van der Waals surface area contributed by atoms with Gasteiger partial charge in [-0.2, -0.15) is 10.2 Å². The Morgan fingerprint density at radius 1 is 0.967 bits per heavy atom. The van der Waals surface area contributed by atoms with E-state index in [1.165, 1.54) is 4.68 Å². The number of nitrogens with one attached hydrogen (secondary N) is 1. The Bertz CT molecular complexity index is 1270. The lowest BCUT2D eigenvalue weighted by Gasteiger charge is -2.08. The molecule has 0 radical (unpaired) electrons. The van der Waals surface area contributed by atoms with Gasteiger partial charge in [-0.3, -0.25) is 9.59 Å². The van der Waals surface area contributed by atoms with Gasteiger partial charge in [0.25, 0.3) is 5.56 Å². The highest BCUT2D eigenvalue weighted by atomic mass is 16.2. The average Bonchev–Trinajstić information content (AvgIpc) is 3.09. The van der Waals surface area contributed by atoms with Crippen LogP contribution in [0, 0.1) is 20.8 Å². The monoisotopic (exact) mass is 401 g/mol. The van der Waals surface area contributed by atoms with E-state index in [2.05, 4.69) is 15.5 Å². The highest BCUT2D eigenvalue weighted by molar-refractivity contribution is 5.83. The van der Waals surface area contributed by atoms with E-state index in [4.69, 9.17) is 0 Å². The fourth-order valence-electron chi connectivity index (χ4n) is 3.52. The lowest BCUT2D eigenvalue weighted by atomic mass is 10.2. The van der Waals surface area contributed by atoms with E-state index >= 15 is 0 Å². The second kappa shape index (κ2) is 7.94. The summed E-state index contributed by atoms with van der Waals surface area (Å²) in [6.45, 7) is 6.01. The van der Waals surface area contributed by atoms with Gasteiger partial charge in [0.15, 0.2) is 5.52 Å². The van der Waals surface area contributed by atoms with Gasteiger partial charge < -0.3 is 5.32 Å². The summed E-state index contributed by atoms with van der Waals surface area (Å²) in [7, 11) is 0. The number of nitrogens with zero attached hydrogens (tertiary/aromatic N) is 4. The third-order valence-corrected chi connectivity index (χ3v) is 5.09. The van der Waals surface area contributed by atoms with Crippen LogP contribution in [0.1, 0.15) is 22.5 Å². The summed E-state index contributed by atoms with van der Waals surface area (Å²) in [6.07, 6.45) is 0. The fourth-order valence-corrected chi connectivity index (χ4v) is 3.52. The topological polar surface area (TPSA) is 81.8 Å². The third-order valence-electron chi connectivity index (χ3n) is 5.09. The number of hydrogen-bond acceptors (Lipinski definition) is 4. The van der Waals surface area contributed by atoms with Crippen molar-refractivity contribution in [1.82, 2.24) is 24.9 Å². The van der Waals surface area contributed by atoms with Gasteiger partial charge >= 0.3 is 0 Å². The maximum atomic E-state index is 13.0. The first-order valence-corrected chi connectivity index (χ1v) is 9.79. The number of fused-ring (bicyclic) bond motifs is 1. The molecule has 152 valence electrons. The van der Waals surface area contributed by atoms with Crippen molar-refractivity contribution in [2.75, 3.05) is 0 Å². The molecule has 0 saturated heterocycles. The molecule has 0 bridgehead atoms. The van der Waals surface area contributed by atoms with Crippen LogP contribution in [0.25, 0.3) is 16.6 Å². The Morgan fingerprint density at radius 2 is 1.67 bits per heavy atom. The van der Waals surface area contributed by atoms with Gasteiger partial charge in [0.1, 0.15) is 6.54 Å². The number of carbonyl (C=O) groups is 1. The van der Waals surface area contributed by atoms with Crippen LogP contribution in [0.4, 0.5) is 0 Å². The smallest absolute Gasteiger partial charge is 0.295 e. The van der Waals surface area contributed by atoms with Crippen LogP contribution in [0.2, 0.25) is 0 Å². The molecule has 0 aliphatic rings. The SMILES string of the molecule is Cc1ccc(-n2nc3c(=O)n(CC(=O)NCc4ccccc4)nc(C)c3c2C)cc1. The Kier molecular flexibility index (Phi) is 5.18. The predicted octanol–water partition coefficient (Wildman–Crippen LogP) is 2.82. The normalized spacial score (nSPS) is 11.0. The molecule has 0 unspecified atom stereocenters. The van der Waals surface area contributed by atoms with Crippen molar-refractivity contribution < 1.29 is 4.79 Å². The minimum Gasteiger partial charge on any atom is -0.350 e. The maximum absolute atomic E-state index is 13.0. The summed E-state index contributed by atoms with van der Waals surface area (Å²) in [5.74, 6) is -0.276. The zero-order valence-electron chi connectivity index (χ0n) is 17.2. The van der Waals surface area contributed by atoms with E-state index in [1.54, 1.807) is 4.68 Å². The average molecular weight is 401 g/mol. The maximum Gasteiger partial charge on any atom is 0.295 e. The molecule has 0 aliphatic carbocycles. The van der Waals surface area contributed by atoms with Crippen molar-refractivity contribution in [3.63, 3.8) is 0 Å². The lowest BCUT2D eigenvalue weighted by molar-refractivity contribution is -0.122. The molecule has 30 heavy (non-hydrogen) atoms. The Labute approximate surface area is 174 Å². The van der Waals surface area contributed by atoms with Crippen molar-refractivity contribution >= 4 is 16.8 Å². The highest BCUT2D eigenvalue weighted by Crippen LogP contribution is 2.21. The minimum absolute atomic E-state index is 0.154. The number of carbonyl (C=O) groups excluding carboxylic acids is 1.